The summed E-state index contributed by atoms with van der Waals surface area (Å²) in [5.41, 5.74) is 7.30. The van der Waals surface area contributed by atoms with E-state index in [4.69, 9.17) is 5.73 Å². The van der Waals surface area contributed by atoms with E-state index < -0.39 is 0 Å². The minimum atomic E-state index is -0.195. The molecule has 1 unspecified atom stereocenters. The molecule has 0 bridgehead atoms. The maximum absolute atomic E-state index is 13.3. The van der Waals surface area contributed by atoms with Gasteiger partial charge in [0.1, 0.15) is 5.82 Å². The van der Waals surface area contributed by atoms with Crippen LogP contribution in [0.1, 0.15) is 36.9 Å². The molecular formula is C13H19FN2. The Labute approximate surface area is 96.2 Å². The average Bonchev–Trinajstić information content (AvgIpc) is 2.82. The van der Waals surface area contributed by atoms with Crippen LogP contribution in [-0.2, 0) is 6.54 Å². The number of nitrogens with zero attached hydrogens (tertiary/aromatic N) is 1. The SMILES string of the molecule is CC(c1ccc(F)c(CN)c1)N1CCCC1. The van der Waals surface area contributed by atoms with Gasteiger partial charge < -0.3 is 5.73 Å². The van der Waals surface area contributed by atoms with Gasteiger partial charge in [0, 0.05) is 18.2 Å². The minimum absolute atomic E-state index is 0.195. The second-order valence-corrected chi connectivity index (χ2v) is 4.47. The van der Waals surface area contributed by atoms with Gasteiger partial charge in [0.2, 0.25) is 0 Å². The second-order valence-electron chi connectivity index (χ2n) is 4.47. The zero-order valence-corrected chi connectivity index (χ0v) is 9.75. The van der Waals surface area contributed by atoms with Crippen LogP contribution in [0.4, 0.5) is 4.39 Å². The molecular weight excluding hydrogens is 203 g/mol. The van der Waals surface area contributed by atoms with E-state index in [1.807, 2.05) is 12.1 Å². The third-order valence-electron chi connectivity index (χ3n) is 3.46. The number of hydrogen-bond acceptors (Lipinski definition) is 2. The molecule has 0 amide bonds. The Morgan fingerprint density at radius 1 is 1.38 bits per heavy atom. The van der Waals surface area contributed by atoms with Gasteiger partial charge >= 0.3 is 0 Å². The standard InChI is InChI=1S/C13H19FN2/c1-10(16-6-2-3-7-16)11-4-5-13(14)12(8-11)9-15/h4-5,8,10H,2-3,6-7,9,15H2,1H3. The van der Waals surface area contributed by atoms with Gasteiger partial charge in [0.15, 0.2) is 0 Å². The third-order valence-corrected chi connectivity index (χ3v) is 3.46. The normalized spacial score (nSPS) is 18.9. The number of hydrogen-bond donors (Lipinski definition) is 1. The smallest absolute Gasteiger partial charge is 0.127 e. The summed E-state index contributed by atoms with van der Waals surface area (Å²) in [6.07, 6.45) is 2.55. The molecule has 0 spiro atoms. The molecule has 1 fully saturated rings. The summed E-state index contributed by atoms with van der Waals surface area (Å²) in [5.74, 6) is -0.195. The van der Waals surface area contributed by atoms with Crippen LogP contribution < -0.4 is 5.73 Å². The van der Waals surface area contributed by atoms with Gasteiger partial charge in [0.25, 0.3) is 0 Å². The monoisotopic (exact) mass is 222 g/mol. The average molecular weight is 222 g/mol. The molecule has 1 heterocycles. The summed E-state index contributed by atoms with van der Waals surface area (Å²) < 4.78 is 13.3. The van der Waals surface area contributed by atoms with E-state index in [2.05, 4.69) is 11.8 Å². The first-order chi connectivity index (χ1) is 7.72. The quantitative estimate of drug-likeness (QED) is 0.851. The van der Waals surface area contributed by atoms with E-state index in [0.717, 1.165) is 13.1 Å². The lowest BCUT2D eigenvalue weighted by atomic mass is 10.0. The molecule has 1 atom stereocenters. The van der Waals surface area contributed by atoms with Crippen molar-refractivity contribution in [1.82, 2.24) is 4.90 Å². The number of halogens is 1. The number of rotatable bonds is 3. The van der Waals surface area contributed by atoms with Crippen molar-refractivity contribution in [2.45, 2.75) is 32.4 Å². The minimum Gasteiger partial charge on any atom is -0.326 e. The molecule has 88 valence electrons. The highest BCUT2D eigenvalue weighted by Crippen LogP contribution is 2.25. The first kappa shape index (κ1) is 11.6. The summed E-state index contributed by atoms with van der Waals surface area (Å²) >= 11 is 0. The number of likely N-dealkylation sites (tertiary alicyclic amines) is 1. The fraction of sp³-hybridized carbons (Fsp3) is 0.538. The van der Waals surface area contributed by atoms with Gasteiger partial charge in [-0.1, -0.05) is 12.1 Å². The molecule has 2 rings (SSSR count). The predicted octanol–water partition coefficient (Wildman–Crippen LogP) is 2.44. The Balaban J connectivity index is 2.19. The van der Waals surface area contributed by atoms with Crippen molar-refractivity contribution in [1.29, 1.82) is 0 Å². The third kappa shape index (κ3) is 2.25. The van der Waals surface area contributed by atoms with Crippen molar-refractivity contribution in [2.24, 2.45) is 5.73 Å². The van der Waals surface area contributed by atoms with Crippen LogP contribution in [0.2, 0.25) is 0 Å². The number of nitrogens with two attached hydrogens (primary N) is 1. The molecule has 1 saturated heterocycles. The van der Waals surface area contributed by atoms with Crippen LogP contribution >= 0.6 is 0 Å². The highest BCUT2D eigenvalue weighted by Gasteiger charge is 2.19. The molecule has 0 saturated carbocycles. The molecule has 2 nitrogen and oxygen atoms in total. The zero-order valence-electron chi connectivity index (χ0n) is 9.75. The lowest BCUT2D eigenvalue weighted by molar-refractivity contribution is 0.263. The largest absolute Gasteiger partial charge is 0.326 e. The summed E-state index contributed by atoms with van der Waals surface area (Å²) in [4.78, 5) is 2.44. The molecule has 2 N–H and O–H groups in total. The Hall–Kier alpha value is -0.930. The van der Waals surface area contributed by atoms with Gasteiger partial charge in [-0.05, 0) is 44.5 Å². The zero-order chi connectivity index (χ0) is 11.5. The summed E-state index contributed by atoms with van der Waals surface area (Å²) in [5, 5.41) is 0. The van der Waals surface area contributed by atoms with Gasteiger partial charge in [-0.15, -0.1) is 0 Å². The molecule has 1 aliphatic heterocycles. The summed E-state index contributed by atoms with van der Waals surface area (Å²) in [6.45, 7) is 4.75. The summed E-state index contributed by atoms with van der Waals surface area (Å²) in [7, 11) is 0. The lowest BCUT2D eigenvalue weighted by Gasteiger charge is -2.24. The lowest BCUT2D eigenvalue weighted by Crippen LogP contribution is -2.23. The molecule has 1 aliphatic rings. The highest BCUT2D eigenvalue weighted by molar-refractivity contribution is 5.27. The van der Waals surface area contributed by atoms with Crippen molar-refractivity contribution in [3.63, 3.8) is 0 Å². The summed E-state index contributed by atoms with van der Waals surface area (Å²) in [6, 6.07) is 5.67. The van der Waals surface area contributed by atoms with Crippen LogP contribution in [0.5, 0.6) is 0 Å². The Morgan fingerprint density at radius 3 is 2.69 bits per heavy atom. The fourth-order valence-electron chi connectivity index (χ4n) is 2.35. The fourth-order valence-corrected chi connectivity index (χ4v) is 2.35. The van der Waals surface area contributed by atoms with E-state index in [-0.39, 0.29) is 12.4 Å². The predicted molar refractivity (Wildman–Crippen MR) is 63.5 cm³/mol. The maximum atomic E-state index is 13.3. The first-order valence-electron chi connectivity index (χ1n) is 5.95. The molecule has 0 aliphatic carbocycles. The van der Waals surface area contributed by atoms with E-state index in [1.165, 1.54) is 24.5 Å². The number of benzene rings is 1. The molecule has 0 radical (unpaired) electrons. The molecule has 16 heavy (non-hydrogen) atoms. The van der Waals surface area contributed by atoms with Crippen LogP contribution in [0, 0.1) is 5.82 Å². The van der Waals surface area contributed by atoms with Crippen molar-refractivity contribution >= 4 is 0 Å². The van der Waals surface area contributed by atoms with E-state index in [1.54, 1.807) is 0 Å². The van der Waals surface area contributed by atoms with Crippen molar-refractivity contribution in [2.75, 3.05) is 13.1 Å². The van der Waals surface area contributed by atoms with Crippen molar-refractivity contribution < 1.29 is 4.39 Å². The van der Waals surface area contributed by atoms with Gasteiger partial charge in [0.05, 0.1) is 0 Å². The molecule has 1 aromatic carbocycles. The Kier molecular flexibility index (Phi) is 3.56. The van der Waals surface area contributed by atoms with Crippen molar-refractivity contribution in [3.05, 3.63) is 35.1 Å². The van der Waals surface area contributed by atoms with Crippen molar-refractivity contribution in [3.8, 4) is 0 Å². The van der Waals surface area contributed by atoms with Gasteiger partial charge in [-0.2, -0.15) is 0 Å². The topological polar surface area (TPSA) is 29.3 Å². The Bertz CT molecular complexity index is 359. The van der Waals surface area contributed by atoms with Gasteiger partial charge in [-0.25, -0.2) is 4.39 Å². The van der Waals surface area contributed by atoms with E-state index >= 15 is 0 Å². The van der Waals surface area contributed by atoms with Gasteiger partial charge in [-0.3, -0.25) is 4.90 Å². The molecule has 1 aromatic rings. The Morgan fingerprint density at radius 2 is 2.06 bits per heavy atom. The first-order valence-corrected chi connectivity index (χ1v) is 5.95. The van der Waals surface area contributed by atoms with Crippen LogP contribution in [0.15, 0.2) is 18.2 Å². The molecule has 0 aromatic heterocycles. The van der Waals surface area contributed by atoms with Crippen LogP contribution in [-0.4, -0.2) is 18.0 Å². The maximum Gasteiger partial charge on any atom is 0.127 e. The highest BCUT2D eigenvalue weighted by atomic mass is 19.1. The van der Waals surface area contributed by atoms with Crippen LogP contribution in [0.25, 0.3) is 0 Å². The molecule has 3 heteroatoms. The van der Waals surface area contributed by atoms with E-state index in [9.17, 15) is 4.39 Å². The van der Waals surface area contributed by atoms with E-state index in [0.29, 0.717) is 11.6 Å². The second kappa shape index (κ2) is 4.93. The van der Waals surface area contributed by atoms with Crippen LogP contribution in [0.3, 0.4) is 0 Å².